The maximum Gasteiger partial charge on any atom is -0.00476 e. The summed E-state index contributed by atoms with van der Waals surface area (Å²) in [5.41, 5.74) is 0. The van der Waals surface area contributed by atoms with Gasteiger partial charge in [-0.15, -0.1) is 0 Å². The Kier molecular flexibility index (Phi) is 5.27. The molecule has 0 amide bonds. The van der Waals surface area contributed by atoms with E-state index in [0.717, 1.165) is 18.3 Å². The van der Waals surface area contributed by atoms with E-state index in [4.69, 9.17) is 5.41 Å². The third-order valence-electron chi connectivity index (χ3n) is 2.15. The van der Waals surface area contributed by atoms with E-state index < -0.39 is 0 Å². The molecule has 1 unspecified atom stereocenters. The molecule has 0 aromatic carbocycles. The first-order valence-corrected chi connectivity index (χ1v) is 4.21. The molecule has 0 saturated carbocycles. The summed E-state index contributed by atoms with van der Waals surface area (Å²) in [6.45, 7) is 6.75. The standard InChI is InChI=1S/C9H19N/c1-4-9(8(2)3)6-5-7-10/h7-10H,4-6H2,1-3H3. The maximum atomic E-state index is 6.89. The first-order valence-electron chi connectivity index (χ1n) is 4.21. The largest absolute Gasteiger partial charge is 0.313 e. The minimum atomic E-state index is 0.782. The highest BCUT2D eigenvalue weighted by Crippen LogP contribution is 2.19. The zero-order valence-electron chi connectivity index (χ0n) is 7.35. The van der Waals surface area contributed by atoms with Gasteiger partial charge in [0.05, 0.1) is 0 Å². The van der Waals surface area contributed by atoms with Crippen LogP contribution in [0.1, 0.15) is 40.0 Å². The third-order valence-corrected chi connectivity index (χ3v) is 2.15. The minimum Gasteiger partial charge on any atom is -0.313 e. The molecule has 1 atom stereocenters. The summed E-state index contributed by atoms with van der Waals surface area (Å²) >= 11 is 0. The maximum absolute atomic E-state index is 6.89. The van der Waals surface area contributed by atoms with Gasteiger partial charge in [0, 0.05) is 0 Å². The zero-order valence-corrected chi connectivity index (χ0v) is 7.35. The number of hydrogen-bond donors (Lipinski definition) is 1. The van der Waals surface area contributed by atoms with Gasteiger partial charge in [-0.1, -0.05) is 27.2 Å². The highest BCUT2D eigenvalue weighted by atomic mass is 14.3. The molecule has 0 aromatic heterocycles. The fraction of sp³-hybridized carbons (Fsp3) is 0.889. The molecule has 0 aliphatic heterocycles. The predicted octanol–water partition coefficient (Wildman–Crippen LogP) is 3.10. The van der Waals surface area contributed by atoms with Crippen molar-refractivity contribution >= 4 is 6.21 Å². The summed E-state index contributed by atoms with van der Waals surface area (Å²) in [5.74, 6) is 1.60. The van der Waals surface area contributed by atoms with Gasteiger partial charge in [0.1, 0.15) is 0 Å². The van der Waals surface area contributed by atoms with Crippen molar-refractivity contribution in [2.45, 2.75) is 40.0 Å². The highest BCUT2D eigenvalue weighted by Gasteiger charge is 2.08. The Bertz CT molecular complexity index is 86.7. The van der Waals surface area contributed by atoms with Gasteiger partial charge < -0.3 is 5.41 Å². The average molecular weight is 141 g/mol. The van der Waals surface area contributed by atoms with Gasteiger partial charge in [0.2, 0.25) is 0 Å². The molecule has 0 aliphatic carbocycles. The van der Waals surface area contributed by atoms with Crippen LogP contribution >= 0.6 is 0 Å². The molecular formula is C9H19N. The van der Waals surface area contributed by atoms with Crippen LogP contribution in [0.15, 0.2) is 0 Å². The predicted molar refractivity (Wildman–Crippen MR) is 46.6 cm³/mol. The summed E-state index contributed by atoms with van der Waals surface area (Å²) in [4.78, 5) is 0. The lowest BCUT2D eigenvalue weighted by Crippen LogP contribution is -2.06. The molecular weight excluding hydrogens is 122 g/mol. The molecule has 1 nitrogen and oxygen atoms in total. The monoisotopic (exact) mass is 141 g/mol. The topological polar surface area (TPSA) is 23.9 Å². The molecule has 0 rings (SSSR count). The fourth-order valence-electron chi connectivity index (χ4n) is 1.31. The molecule has 0 bridgehead atoms. The molecule has 0 aromatic rings. The molecule has 0 radical (unpaired) electrons. The summed E-state index contributed by atoms with van der Waals surface area (Å²) in [6, 6.07) is 0. The number of hydrogen-bond acceptors (Lipinski definition) is 1. The van der Waals surface area contributed by atoms with Crippen LogP contribution in [0.2, 0.25) is 0 Å². The van der Waals surface area contributed by atoms with Crippen LogP contribution in [0, 0.1) is 17.2 Å². The second kappa shape index (κ2) is 5.45. The van der Waals surface area contributed by atoms with Crippen LogP contribution in [-0.2, 0) is 0 Å². The normalized spacial score (nSPS) is 13.6. The fourth-order valence-corrected chi connectivity index (χ4v) is 1.31. The molecule has 10 heavy (non-hydrogen) atoms. The van der Waals surface area contributed by atoms with E-state index in [-0.39, 0.29) is 0 Å². The Labute approximate surface area is 64.3 Å². The molecule has 0 aliphatic rings. The van der Waals surface area contributed by atoms with Crippen LogP contribution < -0.4 is 0 Å². The number of nitrogens with one attached hydrogen (secondary N) is 1. The summed E-state index contributed by atoms with van der Waals surface area (Å²) in [5, 5.41) is 6.89. The Morgan fingerprint density at radius 2 is 2.00 bits per heavy atom. The zero-order chi connectivity index (χ0) is 7.98. The molecule has 1 N–H and O–H groups in total. The first kappa shape index (κ1) is 9.67. The molecule has 0 spiro atoms. The average Bonchev–Trinajstić information content (AvgIpc) is 1.89. The lowest BCUT2D eigenvalue weighted by Gasteiger charge is -2.17. The Morgan fingerprint density at radius 3 is 2.30 bits per heavy atom. The van der Waals surface area contributed by atoms with E-state index in [1.807, 2.05) is 0 Å². The van der Waals surface area contributed by atoms with Gasteiger partial charge in [-0.05, 0) is 30.9 Å². The minimum absolute atomic E-state index is 0.782. The van der Waals surface area contributed by atoms with Crippen LogP contribution in [-0.4, -0.2) is 6.21 Å². The summed E-state index contributed by atoms with van der Waals surface area (Å²) in [7, 11) is 0. The first-order chi connectivity index (χ1) is 4.72. The van der Waals surface area contributed by atoms with Crippen molar-refractivity contribution in [1.82, 2.24) is 0 Å². The quantitative estimate of drug-likeness (QED) is 0.569. The van der Waals surface area contributed by atoms with E-state index in [9.17, 15) is 0 Å². The van der Waals surface area contributed by atoms with Crippen LogP contribution in [0.25, 0.3) is 0 Å². The molecule has 0 heterocycles. The number of rotatable bonds is 5. The molecule has 1 heteroatoms. The van der Waals surface area contributed by atoms with Crippen molar-refractivity contribution in [2.75, 3.05) is 0 Å². The smallest absolute Gasteiger partial charge is 0.00476 e. The third kappa shape index (κ3) is 3.65. The van der Waals surface area contributed by atoms with Gasteiger partial charge >= 0.3 is 0 Å². The molecule has 0 saturated heterocycles. The van der Waals surface area contributed by atoms with Crippen molar-refractivity contribution in [3.63, 3.8) is 0 Å². The van der Waals surface area contributed by atoms with Crippen molar-refractivity contribution in [3.8, 4) is 0 Å². The lowest BCUT2D eigenvalue weighted by molar-refractivity contribution is 0.355. The lowest BCUT2D eigenvalue weighted by atomic mass is 9.89. The Hall–Kier alpha value is -0.330. The van der Waals surface area contributed by atoms with Crippen LogP contribution in [0.3, 0.4) is 0 Å². The van der Waals surface area contributed by atoms with Crippen LogP contribution in [0.5, 0.6) is 0 Å². The van der Waals surface area contributed by atoms with E-state index in [1.54, 1.807) is 0 Å². The SMILES string of the molecule is CCC(CCC=N)C(C)C. The second-order valence-electron chi connectivity index (χ2n) is 3.19. The Morgan fingerprint density at radius 1 is 1.40 bits per heavy atom. The molecule has 60 valence electrons. The van der Waals surface area contributed by atoms with E-state index in [0.29, 0.717) is 0 Å². The highest BCUT2D eigenvalue weighted by molar-refractivity contribution is 5.52. The van der Waals surface area contributed by atoms with Crippen molar-refractivity contribution in [3.05, 3.63) is 0 Å². The van der Waals surface area contributed by atoms with Gasteiger partial charge in [-0.2, -0.15) is 0 Å². The van der Waals surface area contributed by atoms with Gasteiger partial charge in [0.25, 0.3) is 0 Å². The molecule has 0 fully saturated rings. The summed E-state index contributed by atoms with van der Waals surface area (Å²) in [6.07, 6.45) is 4.92. The second-order valence-corrected chi connectivity index (χ2v) is 3.19. The van der Waals surface area contributed by atoms with E-state index >= 15 is 0 Å². The van der Waals surface area contributed by atoms with Gasteiger partial charge in [-0.3, -0.25) is 0 Å². The van der Waals surface area contributed by atoms with Gasteiger partial charge in [0.15, 0.2) is 0 Å². The van der Waals surface area contributed by atoms with Gasteiger partial charge in [-0.25, -0.2) is 0 Å². The van der Waals surface area contributed by atoms with Crippen LogP contribution in [0.4, 0.5) is 0 Å². The van der Waals surface area contributed by atoms with E-state index in [1.165, 1.54) is 19.1 Å². The van der Waals surface area contributed by atoms with Crippen molar-refractivity contribution in [1.29, 1.82) is 5.41 Å². The Balaban J connectivity index is 3.49. The summed E-state index contributed by atoms with van der Waals surface area (Å²) < 4.78 is 0. The van der Waals surface area contributed by atoms with Crippen molar-refractivity contribution in [2.24, 2.45) is 11.8 Å². The van der Waals surface area contributed by atoms with E-state index in [2.05, 4.69) is 20.8 Å². The van der Waals surface area contributed by atoms with Crippen molar-refractivity contribution < 1.29 is 0 Å².